The lowest BCUT2D eigenvalue weighted by atomic mass is 10.3. The fourth-order valence-electron chi connectivity index (χ4n) is 1.22. The maximum absolute atomic E-state index is 11.3. The fourth-order valence-corrected chi connectivity index (χ4v) is 1.22. The molecule has 9 heteroatoms. The van der Waals surface area contributed by atoms with E-state index in [2.05, 4.69) is 14.2 Å². The average molecular weight is 292 g/mol. The summed E-state index contributed by atoms with van der Waals surface area (Å²) in [7, 11) is 0. The van der Waals surface area contributed by atoms with Crippen molar-refractivity contribution in [3.8, 4) is 0 Å². The predicted molar refractivity (Wildman–Crippen MR) is 60.5 cm³/mol. The van der Waals surface area contributed by atoms with Gasteiger partial charge in [0.05, 0.1) is 19.4 Å². The van der Waals surface area contributed by atoms with E-state index in [-0.39, 0.29) is 32.7 Å². The van der Waals surface area contributed by atoms with Crippen LogP contribution in [-0.4, -0.2) is 66.9 Å². The van der Waals surface area contributed by atoms with Crippen molar-refractivity contribution in [2.24, 2.45) is 0 Å². The minimum atomic E-state index is -1.14. The van der Waals surface area contributed by atoms with Crippen LogP contribution in [0.1, 0.15) is 12.8 Å². The van der Waals surface area contributed by atoms with Crippen molar-refractivity contribution in [3.05, 3.63) is 0 Å². The highest BCUT2D eigenvalue weighted by molar-refractivity contribution is 5.77. The Kier molecular flexibility index (Phi) is 6.74. The molecular weight excluding hydrogens is 276 g/mol. The SMILES string of the molecule is O=C(CCC(=O)OCC1COC(=O)O1)OCC(O)CO. The van der Waals surface area contributed by atoms with Gasteiger partial charge in [-0.3, -0.25) is 9.59 Å². The first-order chi connectivity index (χ1) is 9.51. The first kappa shape index (κ1) is 16.2. The zero-order chi connectivity index (χ0) is 15.0. The van der Waals surface area contributed by atoms with Gasteiger partial charge in [-0.15, -0.1) is 0 Å². The molecule has 0 aromatic carbocycles. The van der Waals surface area contributed by atoms with Crippen LogP contribution < -0.4 is 0 Å². The normalized spacial score (nSPS) is 18.9. The molecule has 1 heterocycles. The molecule has 1 aliphatic rings. The summed E-state index contributed by atoms with van der Waals surface area (Å²) < 4.78 is 18.5. The molecule has 0 aromatic heterocycles. The molecule has 0 aromatic rings. The van der Waals surface area contributed by atoms with Crippen LogP contribution >= 0.6 is 0 Å². The van der Waals surface area contributed by atoms with E-state index in [1.54, 1.807) is 0 Å². The third-order valence-electron chi connectivity index (χ3n) is 2.26. The molecule has 114 valence electrons. The zero-order valence-corrected chi connectivity index (χ0v) is 10.6. The van der Waals surface area contributed by atoms with Crippen LogP contribution in [0.15, 0.2) is 0 Å². The molecule has 2 N–H and O–H groups in total. The Balaban J connectivity index is 2.07. The largest absolute Gasteiger partial charge is 0.508 e. The maximum atomic E-state index is 11.3. The number of hydrogen-bond donors (Lipinski definition) is 2. The first-order valence-corrected chi connectivity index (χ1v) is 5.95. The minimum absolute atomic E-state index is 0.0210. The van der Waals surface area contributed by atoms with Crippen LogP contribution in [-0.2, 0) is 28.5 Å². The number of hydrogen-bond acceptors (Lipinski definition) is 9. The highest BCUT2D eigenvalue weighted by Gasteiger charge is 2.26. The number of ether oxygens (including phenoxy) is 4. The minimum Gasteiger partial charge on any atom is -0.463 e. The second kappa shape index (κ2) is 8.33. The van der Waals surface area contributed by atoms with E-state index in [0.717, 1.165) is 0 Å². The quantitative estimate of drug-likeness (QED) is 0.416. The van der Waals surface area contributed by atoms with Gasteiger partial charge in [-0.2, -0.15) is 0 Å². The highest BCUT2D eigenvalue weighted by Crippen LogP contribution is 2.07. The number of cyclic esters (lactones) is 2. The van der Waals surface area contributed by atoms with Gasteiger partial charge in [0.1, 0.15) is 25.9 Å². The van der Waals surface area contributed by atoms with E-state index in [0.29, 0.717) is 0 Å². The predicted octanol–water partition coefficient (Wildman–Crippen LogP) is -1.26. The van der Waals surface area contributed by atoms with Crippen molar-refractivity contribution in [1.29, 1.82) is 0 Å². The van der Waals surface area contributed by atoms with Crippen LogP contribution in [0.4, 0.5) is 4.79 Å². The molecule has 1 saturated heterocycles. The summed E-state index contributed by atoms with van der Waals surface area (Å²) in [5.41, 5.74) is 0. The highest BCUT2D eigenvalue weighted by atomic mass is 16.8. The smallest absolute Gasteiger partial charge is 0.463 e. The van der Waals surface area contributed by atoms with Gasteiger partial charge in [0.15, 0.2) is 6.10 Å². The van der Waals surface area contributed by atoms with Gasteiger partial charge in [-0.25, -0.2) is 4.79 Å². The Morgan fingerprint density at radius 1 is 1.30 bits per heavy atom. The van der Waals surface area contributed by atoms with Crippen molar-refractivity contribution in [2.75, 3.05) is 26.4 Å². The molecule has 1 aliphatic heterocycles. The summed E-state index contributed by atoms with van der Waals surface area (Å²) in [5, 5.41) is 17.4. The molecule has 0 saturated carbocycles. The Morgan fingerprint density at radius 3 is 2.50 bits per heavy atom. The number of esters is 2. The van der Waals surface area contributed by atoms with Gasteiger partial charge in [-0.1, -0.05) is 0 Å². The lowest BCUT2D eigenvalue weighted by Gasteiger charge is -2.09. The van der Waals surface area contributed by atoms with E-state index in [4.69, 9.17) is 14.9 Å². The Bertz CT molecular complexity index is 354. The van der Waals surface area contributed by atoms with Gasteiger partial charge in [0.25, 0.3) is 0 Å². The van der Waals surface area contributed by atoms with Crippen LogP contribution in [0.25, 0.3) is 0 Å². The molecule has 1 fully saturated rings. The van der Waals surface area contributed by atoms with Gasteiger partial charge in [0, 0.05) is 0 Å². The van der Waals surface area contributed by atoms with Crippen molar-refractivity contribution in [1.82, 2.24) is 0 Å². The number of aliphatic hydroxyl groups excluding tert-OH is 2. The molecule has 1 rings (SSSR count). The molecule has 20 heavy (non-hydrogen) atoms. The lowest BCUT2D eigenvalue weighted by molar-refractivity contribution is -0.153. The third-order valence-corrected chi connectivity index (χ3v) is 2.26. The molecular formula is C11H16O9. The summed E-state index contributed by atoms with van der Waals surface area (Å²) >= 11 is 0. The maximum Gasteiger partial charge on any atom is 0.508 e. The third kappa shape index (κ3) is 6.34. The number of aliphatic hydroxyl groups is 2. The van der Waals surface area contributed by atoms with Gasteiger partial charge < -0.3 is 29.2 Å². The van der Waals surface area contributed by atoms with Gasteiger partial charge in [0.2, 0.25) is 0 Å². The van der Waals surface area contributed by atoms with Crippen molar-refractivity contribution >= 4 is 18.1 Å². The van der Waals surface area contributed by atoms with E-state index in [1.807, 2.05) is 0 Å². The first-order valence-electron chi connectivity index (χ1n) is 5.95. The van der Waals surface area contributed by atoms with Crippen LogP contribution in [0, 0.1) is 0 Å². The fraction of sp³-hybridized carbons (Fsp3) is 0.727. The standard InChI is InChI=1S/C11H16O9/c12-3-7(13)4-17-9(14)1-2-10(15)18-5-8-6-19-11(16)20-8/h7-8,12-13H,1-6H2. The van der Waals surface area contributed by atoms with Crippen LogP contribution in [0.3, 0.4) is 0 Å². The zero-order valence-electron chi connectivity index (χ0n) is 10.6. The summed E-state index contributed by atoms with van der Waals surface area (Å²) in [6, 6.07) is 0. The van der Waals surface area contributed by atoms with Crippen molar-refractivity contribution < 1.29 is 43.5 Å². The number of carbonyl (C=O) groups excluding carboxylic acids is 3. The molecule has 2 unspecified atom stereocenters. The topological polar surface area (TPSA) is 129 Å². The molecule has 0 spiro atoms. The Morgan fingerprint density at radius 2 is 1.95 bits per heavy atom. The van der Waals surface area contributed by atoms with Gasteiger partial charge >= 0.3 is 18.1 Å². The van der Waals surface area contributed by atoms with Crippen molar-refractivity contribution in [3.63, 3.8) is 0 Å². The number of rotatable bonds is 8. The molecule has 0 aliphatic carbocycles. The van der Waals surface area contributed by atoms with Crippen LogP contribution in [0.5, 0.6) is 0 Å². The van der Waals surface area contributed by atoms with E-state index in [9.17, 15) is 14.4 Å². The lowest BCUT2D eigenvalue weighted by Crippen LogP contribution is -2.23. The Labute approximate surface area is 114 Å². The van der Waals surface area contributed by atoms with E-state index >= 15 is 0 Å². The summed E-state index contributed by atoms with van der Waals surface area (Å²) in [4.78, 5) is 33.0. The Hall–Kier alpha value is -1.87. The van der Waals surface area contributed by atoms with Crippen molar-refractivity contribution in [2.45, 2.75) is 25.0 Å². The average Bonchev–Trinajstić information content (AvgIpc) is 2.85. The van der Waals surface area contributed by atoms with E-state index < -0.39 is 36.9 Å². The van der Waals surface area contributed by atoms with E-state index in [1.165, 1.54) is 0 Å². The summed E-state index contributed by atoms with van der Waals surface area (Å²) in [6.07, 6.45) is -2.98. The summed E-state index contributed by atoms with van der Waals surface area (Å²) in [5.74, 6) is -1.34. The monoisotopic (exact) mass is 292 g/mol. The summed E-state index contributed by atoms with van der Waals surface area (Å²) in [6.45, 7) is -0.965. The molecule has 2 atom stereocenters. The molecule has 9 nitrogen and oxygen atoms in total. The second-order valence-electron chi connectivity index (χ2n) is 4.00. The van der Waals surface area contributed by atoms with Crippen LogP contribution in [0.2, 0.25) is 0 Å². The number of carbonyl (C=O) groups is 3. The molecule has 0 bridgehead atoms. The second-order valence-corrected chi connectivity index (χ2v) is 4.00. The molecule has 0 amide bonds. The van der Waals surface area contributed by atoms with Gasteiger partial charge in [-0.05, 0) is 0 Å². The molecule has 0 radical (unpaired) electrons.